The van der Waals surface area contributed by atoms with E-state index in [0.717, 1.165) is 0 Å². The SMILES string of the molecule is CCC1SC[C@@H](C(=O)N[C@@H](Cc2ccc(NC(=O)CCCCN/C(N)=N/C#N)cc2)C(=O)O)N1S(=O)(=O)c1ccccc1. The highest BCUT2D eigenvalue weighted by atomic mass is 32.2. The van der Waals surface area contributed by atoms with Crippen molar-refractivity contribution < 1.29 is 27.9 Å². The average Bonchev–Trinajstić information content (AvgIpc) is 3.44. The van der Waals surface area contributed by atoms with E-state index in [1.807, 2.05) is 6.92 Å². The summed E-state index contributed by atoms with van der Waals surface area (Å²) in [6.45, 7) is 2.31. The summed E-state index contributed by atoms with van der Waals surface area (Å²) >= 11 is 1.34. The van der Waals surface area contributed by atoms with Gasteiger partial charge in [-0.2, -0.15) is 9.57 Å². The van der Waals surface area contributed by atoms with E-state index in [9.17, 15) is 27.9 Å². The maximum absolute atomic E-state index is 13.4. The van der Waals surface area contributed by atoms with Crippen molar-refractivity contribution in [3.05, 3.63) is 60.2 Å². The lowest BCUT2D eigenvalue weighted by molar-refractivity contribution is -0.142. The van der Waals surface area contributed by atoms with Crippen LogP contribution in [0, 0.1) is 11.5 Å². The van der Waals surface area contributed by atoms with Crippen molar-refractivity contribution >= 4 is 51.2 Å². The first kappa shape index (κ1) is 33.4. The average molecular weight is 630 g/mol. The van der Waals surface area contributed by atoms with Crippen LogP contribution in [0.1, 0.15) is 38.2 Å². The molecule has 6 N–H and O–H groups in total. The van der Waals surface area contributed by atoms with Crippen LogP contribution in [0.4, 0.5) is 5.69 Å². The maximum Gasteiger partial charge on any atom is 0.326 e. The molecule has 3 rings (SSSR count). The van der Waals surface area contributed by atoms with Gasteiger partial charge in [-0.3, -0.25) is 9.59 Å². The van der Waals surface area contributed by atoms with Gasteiger partial charge in [-0.05, 0) is 49.1 Å². The van der Waals surface area contributed by atoms with E-state index in [2.05, 4.69) is 20.9 Å². The summed E-state index contributed by atoms with van der Waals surface area (Å²) in [5.74, 6) is -1.89. The number of thioether (sulfide) groups is 1. The van der Waals surface area contributed by atoms with Crippen molar-refractivity contribution in [1.82, 2.24) is 14.9 Å². The molecule has 2 aromatic carbocycles. The van der Waals surface area contributed by atoms with Gasteiger partial charge in [-0.1, -0.05) is 37.3 Å². The van der Waals surface area contributed by atoms with Crippen LogP contribution in [0.2, 0.25) is 0 Å². The van der Waals surface area contributed by atoms with Gasteiger partial charge in [0.2, 0.25) is 34.0 Å². The molecule has 2 aromatic rings. The van der Waals surface area contributed by atoms with Crippen molar-refractivity contribution in [2.24, 2.45) is 10.7 Å². The molecule has 2 amide bonds. The third-order valence-corrected chi connectivity index (χ3v) is 10.1. The lowest BCUT2D eigenvalue weighted by atomic mass is 10.0. The van der Waals surface area contributed by atoms with Crippen LogP contribution in [0.25, 0.3) is 0 Å². The quantitative estimate of drug-likeness (QED) is 0.0886. The number of benzene rings is 2. The minimum absolute atomic E-state index is 0.0254. The van der Waals surface area contributed by atoms with Crippen LogP contribution >= 0.6 is 11.8 Å². The van der Waals surface area contributed by atoms with Crippen LogP contribution in [0.3, 0.4) is 0 Å². The smallest absolute Gasteiger partial charge is 0.326 e. The van der Waals surface area contributed by atoms with Crippen LogP contribution < -0.4 is 21.7 Å². The lowest BCUT2D eigenvalue weighted by Crippen LogP contribution is -2.53. The number of carboxylic acids is 1. The molecule has 13 nitrogen and oxygen atoms in total. The number of nitrogens with one attached hydrogen (secondary N) is 3. The number of nitriles is 1. The fraction of sp³-hybridized carbons (Fsp3) is 0.393. The van der Waals surface area contributed by atoms with Crippen molar-refractivity contribution in [3.63, 3.8) is 0 Å². The minimum atomic E-state index is -3.99. The predicted molar refractivity (Wildman–Crippen MR) is 163 cm³/mol. The van der Waals surface area contributed by atoms with Crippen molar-refractivity contribution in [3.8, 4) is 6.19 Å². The molecule has 3 atom stereocenters. The standard InChI is InChI=1S/C28H35N7O6S2/c1-2-25-35(43(40,41)21-8-4-3-5-9-21)23(17-42-25)26(37)34-22(27(38)39)16-19-11-13-20(14-12-19)33-24(36)10-6-7-15-31-28(30)32-18-29/h3-5,8-9,11-14,22-23,25H,2,6-7,10,15-17H2,1H3,(H,33,36)(H,34,37)(H,38,39)(H3,30,31,32)/t22-,23-,25?/m0/s1. The number of sulfonamides is 1. The first-order valence-electron chi connectivity index (χ1n) is 13.6. The highest BCUT2D eigenvalue weighted by Gasteiger charge is 2.46. The number of carboxylic acid groups (broad SMARTS) is 1. The van der Waals surface area contributed by atoms with Crippen LogP contribution in [-0.4, -0.2) is 71.3 Å². The molecule has 1 aliphatic rings. The molecule has 230 valence electrons. The van der Waals surface area contributed by atoms with E-state index >= 15 is 0 Å². The van der Waals surface area contributed by atoms with E-state index in [4.69, 9.17) is 11.0 Å². The molecule has 1 fully saturated rings. The monoisotopic (exact) mass is 629 g/mol. The molecule has 1 aliphatic heterocycles. The molecular formula is C28H35N7O6S2. The van der Waals surface area contributed by atoms with Gasteiger partial charge in [0.1, 0.15) is 12.1 Å². The lowest BCUT2D eigenvalue weighted by Gasteiger charge is -2.28. The molecule has 0 saturated carbocycles. The Morgan fingerprint density at radius 3 is 2.49 bits per heavy atom. The van der Waals surface area contributed by atoms with E-state index in [-0.39, 0.29) is 35.4 Å². The maximum atomic E-state index is 13.4. The molecule has 1 heterocycles. The van der Waals surface area contributed by atoms with Crippen LogP contribution in [0.5, 0.6) is 0 Å². The van der Waals surface area contributed by atoms with E-state index < -0.39 is 39.4 Å². The highest BCUT2D eigenvalue weighted by Crippen LogP contribution is 2.36. The first-order valence-corrected chi connectivity index (χ1v) is 16.1. The predicted octanol–water partition coefficient (Wildman–Crippen LogP) is 1.84. The van der Waals surface area contributed by atoms with Gasteiger partial charge in [0.05, 0.1) is 10.3 Å². The summed E-state index contributed by atoms with van der Waals surface area (Å²) in [5, 5.41) is 25.9. The fourth-order valence-electron chi connectivity index (χ4n) is 4.45. The number of rotatable bonds is 14. The molecule has 0 radical (unpaired) electrons. The molecule has 0 bridgehead atoms. The Labute approximate surface area is 255 Å². The molecule has 0 aliphatic carbocycles. The third-order valence-electron chi connectivity index (χ3n) is 6.61. The van der Waals surface area contributed by atoms with E-state index in [1.165, 1.54) is 28.2 Å². The number of anilines is 1. The molecule has 0 spiro atoms. The molecule has 15 heteroatoms. The van der Waals surface area contributed by atoms with Crippen molar-refractivity contribution in [2.45, 2.75) is 61.4 Å². The fourth-order valence-corrected chi connectivity index (χ4v) is 8.02. The Balaban J connectivity index is 1.57. The number of aliphatic imine (C=N–C) groups is 1. The van der Waals surface area contributed by atoms with Gasteiger partial charge < -0.3 is 26.8 Å². The van der Waals surface area contributed by atoms with E-state index in [0.29, 0.717) is 37.1 Å². The van der Waals surface area contributed by atoms with Gasteiger partial charge in [-0.15, -0.1) is 16.8 Å². The van der Waals surface area contributed by atoms with Gasteiger partial charge in [0, 0.05) is 30.8 Å². The highest BCUT2D eigenvalue weighted by molar-refractivity contribution is 8.01. The molecule has 1 saturated heterocycles. The summed E-state index contributed by atoms with van der Waals surface area (Å²) in [4.78, 5) is 41.0. The number of hydrogen-bond acceptors (Lipinski definition) is 8. The number of guanidine groups is 1. The van der Waals surface area contributed by atoms with E-state index in [1.54, 1.807) is 48.7 Å². The minimum Gasteiger partial charge on any atom is -0.480 e. The van der Waals surface area contributed by atoms with Gasteiger partial charge >= 0.3 is 5.97 Å². The Morgan fingerprint density at radius 2 is 1.86 bits per heavy atom. The summed E-state index contributed by atoms with van der Waals surface area (Å²) < 4.78 is 28.1. The van der Waals surface area contributed by atoms with Crippen LogP contribution in [0.15, 0.2) is 64.5 Å². The second-order valence-corrected chi connectivity index (χ2v) is 12.7. The Bertz CT molecular complexity index is 1450. The van der Waals surface area contributed by atoms with Crippen molar-refractivity contribution in [2.75, 3.05) is 17.6 Å². The number of nitrogens with zero attached hydrogens (tertiary/aromatic N) is 3. The number of hydrogen-bond donors (Lipinski definition) is 5. The summed E-state index contributed by atoms with van der Waals surface area (Å²) in [5.41, 5.74) is 6.59. The number of amides is 2. The van der Waals surface area contributed by atoms with Crippen LogP contribution in [-0.2, 0) is 30.8 Å². The largest absolute Gasteiger partial charge is 0.480 e. The van der Waals surface area contributed by atoms with Gasteiger partial charge in [0.25, 0.3) is 0 Å². The molecule has 1 unspecified atom stereocenters. The van der Waals surface area contributed by atoms with Crippen molar-refractivity contribution in [1.29, 1.82) is 5.26 Å². The topological polar surface area (TPSA) is 207 Å². The number of nitrogens with two attached hydrogens (primary N) is 1. The summed E-state index contributed by atoms with van der Waals surface area (Å²) in [6.07, 6.45) is 3.51. The number of unbranched alkanes of at least 4 members (excludes halogenated alkanes) is 1. The second kappa shape index (κ2) is 15.9. The summed E-state index contributed by atoms with van der Waals surface area (Å²) in [6, 6.07) is 12.1. The number of carbonyl (C=O) groups excluding carboxylic acids is 2. The Kier molecular flexibility index (Phi) is 12.4. The zero-order valence-corrected chi connectivity index (χ0v) is 25.2. The second-order valence-electron chi connectivity index (χ2n) is 9.69. The number of carbonyl (C=O) groups is 3. The Hall–Kier alpha value is -4.13. The zero-order valence-electron chi connectivity index (χ0n) is 23.6. The Morgan fingerprint density at radius 1 is 1.16 bits per heavy atom. The molecular weight excluding hydrogens is 594 g/mol. The molecule has 43 heavy (non-hydrogen) atoms. The number of aliphatic carboxylic acids is 1. The van der Waals surface area contributed by atoms with Gasteiger partial charge in [0.15, 0.2) is 0 Å². The normalized spacial score (nSPS) is 17.9. The van der Waals surface area contributed by atoms with Gasteiger partial charge in [-0.25, -0.2) is 13.2 Å². The molecule has 0 aromatic heterocycles. The third kappa shape index (κ3) is 9.43. The first-order chi connectivity index (χ1) is 20.6. The zero-order chi connectivity index (χ0) is 31.4. The summed E-state index contributed by atoms with van der Waals surface area (Å²) in [7, 11) is -3.99.